The summed E-state index contributed by atoms with van der Waals surface area (Å²) in [6.45, 7) is 3.96. The van der Waals surface area contributed by atoms with Gasteiger partial charge in [-0.3, -0.25) is 10.8 Å². The molecular weight excluding hydrogens is 254 g/mol. The number of nitrogens with zero attached hydrogens (tertiary/aromatic N) is 1. The SMILES string of the molecule is Cc1cc(C(NN)c2ccc(Cl)s2)cc(C)n1. The van der Waals surface area contributed by atoms with Gasteiger partial charge in [-0.05, 0) is 43.7 Å². The van der Waals surface area contributed by atoms with Crippen LogP contribution >= 0.6 is 22.9 Å². The predicted molar refractivity (Wildman–Crippen MR) is 72.2 cm³/mol. The maximum absolute atomic E-state index is 5.95. The average molecular weight is 268 g/mol. The van der Waals surface area contributed by atoms with E-state index in [2.05, 4.69) is 10.4 Å². The molecule has 0 aliphatic heterocycles. The Labute approximate surface area is 110 Å². The second-order valence-corrected chi connectivity index (χ2v) is 5.67. The van der Waals surface area contributed by atoms with E-state index in [1.165, 1.54) is 11.3 Å². The van der Waals surface area contributed by atoms with Gasteiger partial charge >= 0.3 is 0 Å². The van der Waals surface area contributed by atoms with Crippen LogP contribution in [0, 0.1) is 13.8 Å². The summed E-state index contributed by atoms with van der Waals surface area (Å²) >= 11 is 7.48. The van der Waals surface area contributed by atoms with Crippen molar-refractivity contribution in [2.75, 3.05) is 0 Å². The molecule has 1 unspecified atom stereocenters. The van der Waals surface area contributed by atoms with Gasteiger partial charge in [0.25, 0.3) is 0 Å². The van der Waals surface area contributed by atoms with Gasteiger partial charge in [-0.15, -0.1) is 11.3 Å². The minimum Gasteiger partial charge on any atom is -0.271 e. The lowest BCUT2D eigenvalue weighted by Crippen LogP contribution is -2.28. The van der Waals surface area contributed by atoms with Crippen LogP contribution in [0.25, 0.3) is 0 Å². The summed E-state index contributed by atoms with van der Waals surface area (Å²) in [4.78, 5) is 5.46. The van der Waals surface area contributed by atoms with E-state index in [-0.39, 0.29) is 6.04 Å². The van der Waals surface area contributed by atoms with Crippen molar-refractivity contribution < 1.29 is 0 Å². The molecule has 0 amide bonds. The Balaban J connectivity index is 2.41. The molecule has 3 N–H and O–H groups in total. The molecule has 0 aromatic carbocycles. The Bertz CT molecular complexity index is 504. The van der Waals surface area contributed by atoms with Gasteiger partial charge in [-0.1, -0.05) is 11.6 Å². The highest BCUT2D eigenvalue weighted by molar-refractivity contribution is 7.16. The number of hydrogen-bond donors (Lipinski definition) is 2. The van der Waals surface area contributed by atoms with Crippen LogP contribution in [0.3, 0.4) is 0 Å². The third kappa shape index (κ3) is 2.84. The van der Waals surface area contributed by atoms with Gasteiger partial charge in [0.1, 0.15) is 0 Å². The molecule has 0 aliphatic carbocycles. The van der Waals surface area contributed by atoms with Gasteiger partial charge in [0.15, 0.2) is 0 Å². The molecule has 0 saturated carbocycles. The Morgan fingerprint density at radius 3 is 2.41 bits per heavy atom. The fraction of sp³-hybridized carbons (Fsp3) is 0.250. The Hall–Kier alpha value is -0.940. The first-order valence-corrected chi connectivity index (χ1v) is 6.46. The highest BCUT2D eigenvalue weighted by Gasteiger charge is 2.15. The fourth-order valence-electron chi connectivity index (χ4n) is 1.86. The molecule has 0 aliphatic rings. The van der Waals surface area contributed by atoms with Crippen molar-refractivity contribution in [1.29, 1.82) is 0 Å². The highest BCUT2D eigenvalue weighted by Crippen LogP contribution is 2.30. The van der Waals surface area contributed by atoms with Crippen LogP contribution in [-0.4, -0.2) is 4.98 Å². The van der Waals surface area contributed by atoms with Gasteiger partial charge in [-0.2, -0.15) is 0 Å². The van der Waals surface area contributed by atoms with E-state index in [9.17, 15) is 0 Å². The minimum absolute atomic E-state index is 0.0344. The van der Waals surface area contributed by atoms with Crippen LogP contribution in [0.15, 0.2) is 24.3 Å². The molecule has 0 fully saturated rings. The van der Waals surface area contributed by atoms with Crippen LogP contribution in [-0.2, 0) is 0 Å². The zero-order valence-electron chi connectivity index (χ0n) is 9.70. The summed E-state index contributed by atoms with van der Waals surface area (Å²) < 4.78 is 0.766. The van der Waals surface area contributed by atoms with E-state index < -0.39 is 0 Å². The summed E-state index contributed by atoms with van der Waals surface area (Å²) in [5, 5.41) is 0. The van der Waals surface area contributed by atoms with E-state index in [1.807, 2.05) is 38.1 Å². The normalized spacial score (nSPS) is 12.7. The van der Waals surface area contributed by atoms with E-state index in [4.69, 9.17) is 17.4 Å². The van der Waals surface area contributed by atoms with E-state index in [1.54, 1.807) is 0 Å². The Kier molecular flexibility index (Phi) is 3.79. The third-order valence-electron chi connectivity index (χ3n) is 2.48. The van der Waals surface area contributed by atoms with Crippen molar-refractivity contribution in [2.45, 2.75) is 19.9 Å². The topological polar surface area (TPSA) is 50.9 Å². The number of nitrogens with one attached hydrogen (secondary N) is 1. The van der Waals surface area contributed by atoms with Crippen molar-refractivity contribution in [1.82, 2.24) is 10.4 Å². The molecule has 0 radical (unpaired) electrons. The number of aromatic nitrogens is 1. The van der Waals surface area contributed by atoms with Crippen molar-refractivity contribution in [3.8, 4) is 0 Å². The van der Waals surface area contributed by atoms with Crippen LogP contribution in [0.5, 0.6) is 0 Å². The van der Waals surface area contributed by atoms with Crippen molar-refractivity contribution in [2.24, 2.45) is 5.84 Å². The first-order chi connectivity index (χ1) is 8.10. The zero-order chi connectivity index (χ0) is 12.4. The lowest BCUT2D eigenvalue weighted by Gasteiger charge is -2.15. The molecule has 90 valence electrons. The average Bonchev–Trinajstić information content (AvgIpc) is 2.64. The van der Waals surface area contributed by atoms with Crippen molar-refractivity contribution in [3.63, 3.8) is 0 Å². The molecule has 17 heavy (non-hydrogen) atoms. The molecular formula is C12H14ClN3S. The smallest absolute Gasteiger partial charge is 0.0931 e. The quantitative estimate of drug-likeness (QED) is 0.664. The summed E-state index contributed by atoms with van der Waals surface area (Å²) in [7, 11) is 0. The minimum atomic E-state index is -0.0344. The molecule has 2 heterocycles. The lowest BCUT2D eigenvalue weighted by molar-refractivity contribution is 0.644. The van der Waals surface area contributed by atoms with Crippen molar-refractivity contribution >= 4 is 22.9 Å². The van der Waals surface area contributed by atoms with Crippen molar-refractivity contribution in [3.05, 3.63) is 50.4 Å². The highest BCUT2D eigenvalue weighted by atomic mass is 35.5. The largest absolute Gasteiger partial charge is 0.271 e. The number of hydrazine groups is 1. The lowest BCUT2D eigenvalue weighted by atomic mass is 10.1. The second-order valence-electron chi connectivity index (χ2n) is 3.92. The predicted octanol–water partition coefficient (Wildman–Crippen LogP) is 2.97. The Morgan fingerprint density at radius 2 is 1.94 bits per heavy atom. The number of aryl methyl sites for hydroxylation is 2. The second kappa shape index (κ2) is 5.14. The van der Waals surface area contributed by atoms with Gasteiger partial charge in [-0.25, -0.2) is 5.43 Å². The van der Waals surface area contributed by atoms with Gasteiger partial charge < -0.3 is 0 Å². The third-order valence-corrected chi connectivity index (χ3v) is 3.78. The molecule has 5 heteroatoms. The van der Waals surface area contributed by atoms with E-state index >= 15 is 0 Å². The summed E-state index contributed by atoms with van der Waals surface area (Å²) in [5.41, 5.74) is 5.91. The molecule has 0 spiro atoms. The molecule has 1 atom stereocenters. The number of hydrogen-bond acceptors (Lipinski definition) is 4. The molecule has 0 bridgehead atoms. The van der Waals surface area contributed by atoms with Gasteiger partial charge in [0.05, 0.1) is 10.4 Å². The summed E-state index contributed by atoms with van der Waals surface area (Å²) in [6, 6.07) is 7.90. The number of pyridine rings is 1. The van der Waals surface area contributed by atoms with Gasteiger partial charge in [0.2, 0.25) is 0 Å². The first-order valence-electron chi connectivity index (χ1n) is 5.26. The number of nitrogens with two attached hydrogens (primary N) is 1. The van der Waals surface area contributed by atoms with E-state index in [0.717, 1.165) is 26.2 Å². The number of thiophene rings is 1. The molecule has 2 aromatic heterocycles. The van der Waals surface area contributed by atoms with E-state index in [0.29, 0.717) is 0 Å². The monoisotopic (exact) mass is 267 g/mol. The fourth-order valence-corrected chi connectivity index (χ4v) is 3.01. The summed E-state index contributed by atoms with van der Waals surface area (Å²) in [5.74, 6) is 5.64. The standard InChI is InChI=1S/C12H14ClN3S/c1-7-5-9(6-8(2)15-7)12(16-14)10-3-4-11(13)17-10/h3-6,12,16H,14H2,1-2H3. The molecule has 2 rings (SSSR count). The molecule has 0 saturated heterocycles. The summed E-state index contributed by atoms with van der Waals surface area (Å²) in [6.07, 6.45) is 0. The zero-order valence-corrected chi connectivity index (χ0v) is 11.3. The number of halogens is 1. The van der Waals surface area contributed by atoms with Gasteiger partial charge in [0, 0.05) is 16.3 Å². The molecule has 3 nitrogen and oxygen atoms in total. The van der Waals surface area contributed by atoms with Crippen LogP contribution in [0.1, 0.15) is 27.9 Å². The maximum atomic E-state index is 5.95. The van der Waals surface area contributed by atoms with Crippen LogP contribution in [0.2, 0.25) is 4.34 Å². The van der Waals surface area contributed by atoms with Crippen LogP contribution < -0.4 is 11.3 Å². The van der Waals surface area contributed by atoms with Crippen LogP contribution in [0.4, 0.5) is 0 Å². The maximum Gasteiger partial charge on any atom is 0.0931 e. The first kappa shape index (κ1) is 12.5. The Morgan fingerprint density at radius 1 is 1.29 bits per heavy atom. The molecule has 2 aromatic rings. The number of rotatable bonds is 3.